The summed E-state index contributed by atoms with van der Waals surface area (Å²) < 4.78 is 5.65. The summed E-state index contributed by atoms with van der Waals surface area (Å²) >= 11 is 1.77. The van der Waals surface area contributed by atoms with Gasteiger partial charge in [-0.25, -0.2) is 4.98 Å². The molecule has 0 aromatic carbocycles. The molecule has 5 heterocycles. The Hall–Kier alpha value is -2.03. The lowest BCUT2D eigenvalue weighted by atomic mass is 10.1. The Morgan fingerprint density at radius 2 is 2.23 bits per heavy atom. The van der Waals surface area contributed by atoms with Crippen LogP contribution in [0.4, 0.5) is 0 Å². The first kappa shape index (κ1) is 20.8. The quantitative estimate of drug-likeness (QED) is 0.770. The molecule has 7 nitrogen and oxygen atoms in total. The molecule has 2 aromatic heterocycles. The summed E-state index contributed by atoms with van der Waals surface area (Å²) in [5.74, 6) is 0.775. The molecule has 1 N–H and O–H groups in total. The van der Waals surface area contributed by atoms with E-state index in [-0.39, 0.29) is 23.6 Å². The molecule has 2 unspecified atom stereocenters. The number of carbonyl (C=O) groups excluding carboxylic acids is 1. The fourth-order valence-electron chi connectivity index (χ4n) is 5.03. The molecule has 2 atom stereocenters. The van der Waals surface area contributed by atoms with Gasteiger partial charge < -0.3 is 14.6 Å². The van der Waals surface area contributed by atoms with Crippen molar-refractivity contribution < 1.29 is 9.53 Å². The van der Waals surface area contributed by atoms with E-state index in [1.807, 2.05) is 4.90 Å². The predicted octanol–water partition coefficient (Wildman–Crippen LogP) is 2.93. The van der Waals surface area contributed by atoms with E-state index in [2.05, 4.69) is 28.3 Å². The van der Waals surface area contributed by atoms with Gasteiger partial charge in [0.1, 0.15) is 5.82 Å². The van der Waals surface area contributed by atoms with Gasteiger partial charge in [0.25, 0.3) is 5.56 Å². The highest BCUT2D eigenvalue weighted by atomic mass is 32.1. The van der Waals surface area contributed by atoms with Gasteiger partial charge in [0, 0.05) is 44.1 Å². The van der Waals surface area contributed by atoms with Crippen LogP contribution in [0, 0.1) is 6.92 Å². The zero-order valence-electron chi connectivity index (χ0n) is 18.1. The molecule has 31 heavy (non-hydrogen) atoms. The molecule has 5 rings (SSSR count). The summed E-state index contributed by atoms with van der Waals surface area (Å²) in [6, 6.07) is 2.02. The topological polar surface area (TPSA) is 78.5 Å². The third kappa shape index (κ3) is 4.33. The maximum Gasteiger partial charge on any atom is 0.255 e. The highest BCUT2D eigenvalue weighted by molar-refractivity contribution is 7.10. The van der Waals surface area contributed by atoms with Gasteiger partial charge in [0.15, 0.2) is 0 Å². The monoisotopic (exact) mass is 442 g/mol. The molecule has 0 spiro atoms. The lowest BCUT2D eigenvalue weighted by molar-refractivity contribution is -0.134. The van der Waals surface area contributed by atoms with E-state index in [1.54, 1.807) is 11.3 Å². The largest absolute Gasteiger partial charge is 0.378 e. The molecule has 2 saturated heterocycles. The molecular weight excluding hydrogens is 412 g/mol. The number of aryl methyl sites for hydroxylation is 1. The zero-order chi connectivity index (χ0) is 21.4. The first-order valence-corrected chi connectivity index (χ1v) is 12.2. The Bertz CT molecular complexity index is 1010. The van der Waals surface area contributed by atoms with Crippen molar-refractivity contribution in [3.8, 4) is 0 Å². The maximum absolute atomic E-state index is 13.0. The van der Waals surface area contributed by atoms with E-state index >= 15 is 0 Å². The Kier molecular flexibility index (Phi) is 5.95. The second-order valence-corrected chi connectivity index (χ2v) is 9.95. The van der Waals surface area contributed by atoms with Gasteiger partial charge in [-0.2, -0.15) is 0 Å². The summed E-state index contributed by atoms with van der Waals surface area (Å²) in [5.41, 5.74) is 2.94. The van der Waals surface area contributed by atoms with Gasteiger partial charge in [-0.1, -0.05) is 0 Å². The van der Waals surface area contributed by atoms with E-state index in [1.165, 1.54) is 10.4 Å². The summed E-state index contributed by atoms with van der Waals surface area (Å²) in [6.07, 6.45) is 5.03. The first-order valence-electron chi connectivity index (χ1n) is 11.4. The van der Waals surface area contributed by atoms with Crippen LogP contribution in [0.25, 0.3) is 0 Å². The number of nitrogens with zero attached hydrogens (tertiary/aromatic N) is 3. The molecule has 0 saturated carbocycles. The van der Waals surface area contributed by atoms with Crippen molar-refractivity contribution in [2.24, 2.45) is 0 Å². The fraction of sp³-hybridized carbons (Fsp3) is 0.609. The number of thiophene rings is 1. The summed E-state index contributed by atoms with van der Waals surface area (Å²) in [7, 11) is 0. The number of aromatic amines is 1. The van der Waals surface area contributed by atoms with Crippen LogP contribution < -0.4 is 5.56 Å². The number of hydrogen-bond acceptors (Lipinski definition) is 6. The van der Waals surface area contributed by atoms with Crippen LogP contribution in [-0.2, 0) is 29.0 Å². The Morgan fingerprint density at radius 1 is 1.32 bits per heavy atom. The van der Waals surface area contributed by atoms with E-state index in [0.29, 0.717) is 18.8 Å². The van der Waals surface area contributed by atoms with Crippen LogP contribution in [0.3, 0.4) is 0 Å². The highest BCUT2D eigenvalue weighted by Crippen LogP contribution is 2.32. The molecular formula is C23H30N4O3S. The van der Waals surface area contributed by atoms with Gasteiger partial charge in [0.2, 0.25) is 5.91 Å². The number of aromatic nitrogens is 2. The number of fused-ring (bicyclic) bond motifs is 1. The van der Waals surface area contributed by atoms with E-state index < -0.39 is 0 Å². The zero-order valence-corrected chi connectivity index (χ0v) is 18.9. The van der Waals surface area contributed by atoms with E-state index in [0.717, 1.165) is 69.6 Å². The second-order valence-electron chi connectivity index (χ2n) is 8.95. The molecule has 166 valence electrons. The van der Waals surface area contributed by atoms with Crippen LogP contribution >= 0.6 is 11.3 Å². The van der Waals surface area contributed by atoms with Crippen molar-refractivity contribution in [1.82, 2.24) is 19.8 Å². The van der Waals surface area contributed by atoms with Crippen molar-refractivity contribution in [3.63, 3.8) is 0 Å². The van der Waals surface area contributed by atoms with Crippen LogP contribution in [0.2, 0.25) is 0 Å². The lowest BCUT2D eigenvalue weighted by Gasteiger charge is -2.29. The third-order valence-electron chi connectivity index (χ3n) is 6.82. The van der Waals surface area contributed by atoms with Gasteiger partial charge in [-0.15, -0.1) is 11.3 Å². The smallest absolute Gasteiger partial charge is 0.255 e. The minimum absolute atomic E-state index is 0.0438. The number of nitrogens with one attached hydrogen (secondary N) is 1. The normalized spacial score (nSPS) is 24.0. The molecule has 3 aliphatic rings. The van der Waals surface area contributed by atoms with E-state index in [9.17, 15) is 9.59 Å². The standard InChI is InChI=1S/C23H30N4O3S/c1-15-7-11-31-20(15)14-26-9-6-18-17(13-26)23(29)25-22(24-18)19-5-2-8-27(19)21(28)12-16-4-3-10-30-16/h7,11,16,19H,2-6,8-10,12-14H2,1H3,(H,24,25,29). The third-order valence-corrected chi connectivity index (χ3v) is 7.82. The lowest BCUT2D eigenvalue weighted by Crippen LogP contribution is -2.38. The van der Waals surface area contributed by atoms with Crippen molar-refractivity contribution >= 4 is 17.2 Å². The average Bonchev–Trinajstić information content (AvgIpc) is 3.51. The van der Waals surface area contributed by atoms with Crippen LogP contribution in [-0.4, -0.2) is 51.5 Å². The number of hydrogen-bond donors (Lipinski definition) is 1. The number of H-pyrrole nitrogens is 1. The minimum Gasteiger partial charge on any atom is -0.378 e. The predicted molar refractivity (Wildman–Crippen MR) is 119 cm³/mol. The van der Waals surface area contributed by atoms with E-state index in [4.69, 9.17) is 9.72 Å². The fourth-order valence-corrected chi connectivity index (χ4v) is 5.98. The average molecular weight is 443 g/mol. The molecule has 1 amide bonds. The number of likely N-dealkylation sites (tertiary alicyclic amines) is 1. The van der Waals surface area contributed by atoms with Crippen molar-refractivity contribution in [2.75, 3.05) is 19.7 Å². The molecule has 2 fully saturated rings. The maximum atomic E-state index is 13.0. The number of amides is 1. The summed E-state index contributed by atoms with van der Waals surface area (Å²) in [5, 5.41) is 2.12. The summed E-state index contributed by atoms with van der Waals surface area (Å²) in [4.78, 5) is 39.4. The van der Waals surface area contributed by atoms with Crippen LogP contribution in [0.1, 0.15) is 65.7 Å². The van der Waals surface area contributed by atoms with Crippen molar-refractivity contribution in [1.29, 1.82) is 0 Å². The number of ether oxygens (including phenoxy) is 1. The van der Waals surface area contributed by atoms with Gasteiger partial charge in [0.05, 0.1) is 29.8 Å². The van der Waals surface area contributed by atoms with Crippen LogP contribution in [0.15, 0.2) is 16.2 Å². The summed E-state index contributed by atoms with van der Waals surface area (Å²) in [6.45, 7) is 6.01. The highest BCUT2D eigenvalue weighted by Gasteiger charge is 2.34. The molecule has 3 aliphatic heterocycles. The Morgan fingerprint density at radius 3 is 3.00 bits per heavy atom. The molecule has 0 radical (unpaired) electrons. The second kappa shape index (κ2) is 8.84. The number of carbonyl (C=O) groups is 1. The Balaban J connectivity index is 1.31. The first-order chi connectivity index (χ1) is 15.1. The minimum atomic E-state index is -0.126. The molecule has 0 aliphatic carbocycles. The van der Waals surface area contributed by atoms with Gasteiger partial charge in [-0.3, -0.25) is 14.5 Å². The van der Waals surface area contributed by atoms with Gasteiger partial charge >= 0.3 is 0 Å². The van der Waals surface area contributed by atoms with Gasteiger partial charge in [-0.05, 0) is 49.6 Å². The number of rotatable bonds is 5. The molecule has 0 bridgehead atoms. The SMILES string of the molecule is Cc1ccsc1CN1CCc2nc(C3CCCN3C(=O)CC3CCCO3)[nH]c(=O)c2C1. The van der Waals surface area contributed by atoms with Crippen molar-refractivity contribution in [3.05, 3.63) is 49.3 Å². The Labute approximate surface area is 186 Å². The van der Waals surface area contributed by atoms with Crippen LogP contribution in [0.5, 0.6) is 0 Å². The molecule has 2 aromatic rings. The van der Waals surface area contributed by atoms with Crippen molar-refractivity contribution in [2.45, 2.75) is 70.7 Å². The molecule has 8 heteroatoms.